The topological polar surface area (TPSA) is 47.7 Å². The predicted octanol–water partition coefficient (Wildman–Crippen LogP) is 2.88. The summed E-state index contributed by atoms with van der Waals surface area (Å²) in [5.41, 5.74) is 8.63. The van der Waals surface area contributed by atoms with Gasteiger partial charge in [0.2, 0.25) is 0 Å². The molecule has 0 unspecified atom stereocenters. The van der Waals surface area contributed by atoms with E-state index in [2.05, 4.69) is 47.4 Å². The highest BCUT2D eigenvalue weighted by atomic mass is 16.5. The fourth-order valence-electron chi connectivity index (χ4n) is 3.62. The predicted molar refractivity (Wildman–Crippen MR) is 96.6 cm³/mol. The fraction of sp³-hybridized carbons (Fsp3) is 0.400. The molecule has 4 nitrogen and oxygen atoms in total. The van der Waals surface area contributed by atoms with E-state index in [-0.39, 0.29) is 0 Å². The Hall–Kier alpha value is -2.04. The molecule has 0 radical (unpaired) electrons. The van der Waals surface area contributed by atoms with Gasteiger partial charge in [0.25, 0.3) is 0 Å². The SMILES string of the molecule is COc1cc(CN2C[C@@H](CN)[C@H](c3ccccc3)C2)cc(OC)c1. The molecule has 0 aliphatic carbocycles. The second kappa shape index (κ2) is 7.69. The van der Waals surface area contributed by atoms with Crippen molar-refractivity contribution in [3.05, 3.63) is 59.7 Å². The van der Waals surface area contributed by atoms with Gasteiger partial charge in [-0.25, -0.2) is 0 Å². The van der Waals surface area contributed by atoms with E-state index < -0.39 is 0 Å². The summed E-state index contributed by atoms with van der Waals surface area (Å²) in [5.74, 6) is 2.67. The van der Waals surface area contributed by atoms with Crippen molar-refractivity contribution in [2.24, 2.45) is 11.7 Å². The first kappa shape index (κ1) is 16.8. The van der Waals surface area contributed by atoms with Gasteiger partial charge in [0.1, 0.15) is 11.5 Å². The zero-order chi connectivity index (χ0) is 16.9. The van der Waals surface area contributed by atoms with Gasteiger partial charge in [-0.2, -0.15) is 0 Å². The minimum Gasteiger partial charge on any atom is -0.497 e. The highest BCUT2D eigenvalue weighted by Crippen LogP contribution is 2.33. The molecular formula is C20H26N2O2. The summed E-state index contributed by atoms with van der Waals surface area (Å²) in [6.07, 6.45) is 0. The number of methoxy groups -OCH3 is 2. The van der Waals surface area contributed by atoms with Crippen LogP contribution in [0.5, 0.6) is 11.5 Å². The van der Waals surface area contributed by atoms with Gasteiger partial charge in [-0.15, -0.1) is 0 Å². The maximum atomic E-state index is 6.04. The molecule has 1 heterocycles. The average molecular weight is 326 g/mol. The number of ether oxygens (including phenoxy) is 2. The summed E-state index contributed by atoms with van der Waals surface area (Å²) in [6.45, 7) is 3.66. The first-order valence-corrected chi connectivity index (χ1v) is 8.42. The van der Waals surface area contributed by atoms with Crippen LogP contribution in [0, 0.1) is 5.92 Å². The van der Waals surface area contributed by atoms with Gasteiger partial charge in [-0.05, 0) is 35.7 Å². The lowest BCUT2D eigenvalue weighted by Gasteiger charge is -2.17. The Bertz CT molecular complexity index is 638. The van der Waals surface area contributed by atoms with Crippen molar-refractivity contribution in [3.63, 3.8) is 0 Å². The number of rotatable bonds is 6. The van der Waals surface area contributed by atoms with Gasteiger partial charge in [-0.1, -0.05) is 30.3 Å². The molecule has 0 aromatic heterocycles. The molecule has 0 bridgehead atoms. The lowest BCUT2D eigenvalue weighted by atomic mass is 9.89. The second-order valence-corrected chi connectivity index (χ2v) is 6.43. The molecule has 24 heavy (non-hydrogen) atoms. The lowest BCUT2D eigenvalue weighted by Crippen LogP contribution is -2.23. The largest absolute Gasteiger partial charge is 0.497 e. The molecule has 1 fully saturated rings. The van der Waals surface area contributed by atoms with Crippen molar-refractivity contribution < 1.29 is 9.47 Å². The summed E-state index contributed by atoms with van der Waals surface area (Å²) in [7, 11) is 3.37. The van der Waals surface area contributed by atoms with Crippen LogP contribution in [0.15, 0.2) is 48.5 Å². The van der Waals surface area contributed by atoms with Gasteiger partial charge in [0, 0.05) is 31.6 Å². The van der Waals surface area contributed by atoms with Crippen molar-refractivity contribution in [2.75, 3.05) is 33.9 Å². The van der Waals surface area contributed by atoms with E-state index in [1.165, 1.54) is 11.1 Å². The van der Waals surface area contributed by atoms with E-state index >= 15 is 0 Å². The highest BCUT2D eigenvalue weighted by molar-refractivity contribution is 5.38. The number of nitrogens with zero attached hydrogens (tertiary/aromatic N) is 1. The maximum absolute atomic E-state index is 6.04. The van der Waals surface area contributed by atoms with Gasteiger partial charge in [0.15, 0.2) is 0 Å². The molecule has 4 heteroatoms. The molecule has 128 valence electrons. The summed E-state index contributed by atoms with van der Waals surface area (Å²) < 4.78 is 10.8. The standard InChI is InChI=1S/C20H26N2O2/c1-23-18-8-15(9-19(10-18)24-2)12-22-13-17(11-21)20(14-22)16-6-4-3-5-7-16/h3-10,17,20H,11-14,21H2,1-2H3/t17-,20+/m1/s1. The first-order chi connectivity index (χ1) is 11.7. The summed E-state index contributed by atoms with van der Waals surface area (Å²) in [5, 5.41) is 0. The van der Waals surface area contributed by atoms with E-state index in [9.17, 15) is 0 Å². The maximum Gasteiger partial charge on any atom is 0.122 e. The van der Waals surface area contributed by atoms with Crippen LogP contribution in [0.1, 0.15) is 17.0 Å². The van der Waals surface area contributed by atoms with E-state index in [0.717, 1.165) is 37.7 Å². The molecule has 2 aromatic carbocycles. The third kappa shape index (κ3) is 3.71. The molecule has 2 aromatic rings. The molecular weight excluding hydrogens is 300 g/mol. The summed E-state index contributed by atoms with van der Waals surface area (Å²) in [4.78, 5) is 2.48. The van der Waals surface area contributed by atoms with E-state index in [1.54, 1.807) is 14.2 Å². The highest BCUT2D eigenvalue weighted by Gasteiger charge is 2.32. The van der Waals surface area contributed by atoms with Crippen molar-refractivity contribution in [1.82, 2.24) is 4.90 Å². The first-order valence-electron chi connectivity index (χ1n) is 8.42. The van der Waals surface area contributed by atoms with Gasteiger partial charge >= 0.3 is 0 Å². The molecule has 2 atom stereocenters. The normalized spacial score (nSPS) is 21.0. The lowest BCUT2D eigenvalue weighted by molar-refractivity contribution is 0.314. The van der Waals surface area contributed by atoms with Gasteiger partial charge in [0.05, 0.1) is 14.2 Å². The Morgan fingerprint density at radius 1 is 1.00 bits per heavy atom. The molecule has 0 spiro atoms. The van der Waals surface area contributed by atoms with E-state index in [1.807, 2.05) is 6.07 Å². The smallest absolute Gasteiger partial charge is 0.122 e. The Kier molecular flexibility index (Phi) is 5.38. The molecule has 0 amide bonds. The van der Waals surface area contributed by atoms with Crippen LogP contribution < -0.4 is 15.2 Å². The number of likely N-dealkylation sites (tertiary alicyclic amines) is 1. The third-order valence-corrected chi connectivity index (χ3v) is 4.86. The van der Waals surface area contributed by atoms with Crippen LogP contribution in [-0.2, 0) is 6.54 Å². The number of nitrogens with two attached hydrogens (primary N) is 1. The zero-order valence-corrected chi connectivity index (χ0v) is 14.4. The minimum absolute atomic E-state index is 0.500. The van der Waals surface area contributed by atoms with Crippen LogP contribution in [0.2, 0.25) is 0 Å². The van der Waals surface area contributed by atoms with Gasteiger partial charge in [-0.3, -0.25) is 4.90 Å². The molecule has 0 saturated carbocycles. The van der Waals surface area contributed by atoms with Crippen LogP contribution in [-0.4, -0.2) is 38.8 Å². The summed E-state index contributed by atoms with van der Waals surface area (Å²) >= 11 is 0. The fourth-order valence-corrected chi connectivity index (χ4v) is 3.62. The summed E-state index contributed by atoms with van der Waals surface area (Å²) in [6, 6.07) is 16.8. The van der Waals surface area contributed by atoms with Crippen molar-refractivity contribution >= 4 is 0 Å². The van der Waals surface area contributed by atoms with E-state index in [0.29, 0.717) is 11.8 Å². The monoisotopic (exact) mass is 326 g/mol. The van der Waals surface area contributed by atoms with Crippen molar-refractivity contribution in [2.45, 2.75) is 12.5 Å². The van der Waals surface area contributed by atoms with Crippen LogP contribution in [0.4, 0.5) is 0 Å². The Morgan fingerprint density at radius 3 is 2.25 bits per heavy atom. The minimum atomic E-state index is 0.500. The van der Waals surface area contributed by atoms with Crippen molar-refractivity contribution in [3.8, 4) is 11.5 Å². The second-order valence-electron chi connectivity index (χ2n) is 6.43. The molecule has 1 aliphatic rings. The Morgan fingerprint density at radius 2 is 1.67 bits per heavy atom. The number of hydrogen-bond donors (Lipinski definition) is 1. The number of hydrogen-bond acceptors (Lipinski definition) is 4. The van der Waals surface area contributed by atoms with E-state index in [4.69, 9.17) is 15.2 Å². The molecule has 1 saturated heterocycles. The van der Waals surface area contributed by atoms with Crippen LogP contribution in [0.3, 0.4) is 0 Å². The molecule has 3 rings (SSSR count). The molecule has 1 aliphatic heterocycles. The average Bonchev–Trinajstić information content (AvgIpc) is 3.04. The van der Waals surface area contributed by atoms with Crippen LogP contribution in [0.25, 0.3) is 0 Å². The Balaban J connectivity index is 1.75. The van der Waals surface area contributed by atoms with Gasteiger partial charge < -0.3 is 15.2 Å². The Labute approximate surface area is 144 Å². The quantitative estimate of drug-likeness (QED) is 0.887. The van der Waals surface area contributed by atoms with Crippen LogP contribution >= 0.6 is 0 Å². The third-order valence-electron chi connectivity index (χ3n) is 4.86. The molecule has 2 N–H and O–H groups in total. The van der Waals surface area contributed by atoms with Crippen molar-refractivity contribution in [1.29, 1.82) is 0 Å². The number of benzene rings is 2. The zero-order valence-electron chi connectivity index (χ0n) is 14.4.